The fourth-order valence-corrected chi connectivity index (χ4v) is 2.45. The number of rotatable bonds is 5. The molecule has 0 spiro atoms. The van der Waals surface area contributed by atoms with Crippen molar-refractivity contribution < 1.29 is 5.11 Å². The van der Waals surface area contributed by atoms with E-state index in [0.717, 1.165) is 30.9 Å². The molecule has 0 aromatic heterocycles. The van der Waals surface area contributed by atoms with E-state index in [9.17, 15) is 5.11 Å². The fourth-order valence-electron chi connectivity index (χ4n) is 1.76. The summed E-state index contributed by atoms with van der Waals surface area (Å²) in [6.45, 7) is 3.25. The highest BCUT2D eigenvalue weighted by Crippen LogP contribution is 2.14. The van der Waals surface area contributed by atoms with Crippen LogP contribution in [0.5, 0.6) is 0 Å². The van der Waals surface area contributed by atoms with Crippen molar-refractivity contribution in [3.8, 4) is 0 Å². The van der Waals surface area contributed by atoms with Gasteiger partial charge in [0.15, 0.2) is 0 Å². The molecule has 1 heterocycles. The molecule has 0 amide bonds. The van der Waals surface area contributed by atoms with Crippen molar-refractivity contribution in [3.63, 3.8) is 0 Å². The lowest BCUT2D eigenvalue weighted by Gasteiger charge is -2.27. The number of thioether (sulfide) groups is 1. The predicted molar refractivity (Wildman–Crippen MR) is 59.3 cm³/mol. The third-order valence-electron chi connectivity index (χ3n) is 2.57. The molecule has 0 aromatic carbocycles. The second-order valence-electron chi connectivity index (χ2n) is 3.61. The second kappa shape index (κ2) is 6.68. The Morgan fingerprint density at radius 2 is 2.38 bits per heavy atom. The van der Waals surface area contributed by atoms with Crippen LogP contribution in [-0.2, 0) is 0 Å². The number of hydrogen-bond acceptors (Lipinski definition) is 3. The van der Waals surface area contributed by atoms with E-state index in [-0.39, 0.29) is 6.10 Å². The van der Waals surface area contributed by atoms with Crippen LogP contribution in [0.15, 0.2) is 0 Å². The summed E-state index contributed by atoms with van der Waals surface area (Å²) in [6, 6.07) is 0.367. The number of aliphatic hydroxyl groups is 1. The highest BCUT2D eigenvalue weighted by molar-refractivity contribution is 7.99. The first-order valence-corrected chi connectivity index (χ1v) is 6.49. The molecule has 0 saturated carbocycles. The molecular weight excluding hydrogens is 182 g/mol. The number of aliphatic hydroxyl groups excluding tert-OH is 1. The first-order valence-electron chi connectivity index (χ1n) is 5.33. The zero-order valence-electron chi connectivity index (χ0n) is 8.46. The number of nitrogens with one attached hydrogen (secondary N) is 1. The van der Waals surface area contributed by atoms with Crippen molar-refractivity contribution >= 4 is 11.8 Å². The Morgan fingerprint density at radius 1 is 1.54 bits per heavy atom. The molecule has 2 N–H and O–H groups in total. The van der Waals surface area contributed by atoms with E-state index in [0.29, 0.717) is 6.04 Å². The van der Waals surface area contributed by atoms with Crippen molar-refractivity contribution in [1.29, 1.82) is 0 Å². The summed E-state index contributed by atoms with van der Waals surface area (Å²) in [6.07, 6.45) is 4.51. The third kappa shape index (κ3) is 4.34. The minimum absolute atomic E-state index is 0.126. The maximum atomic E-state index is 9.82. The van der Waals surface area contributed by atoms with Gasteiger partial charge in [-0.05, 0) is 37.3 Å². The van der Waals surface area contributed by atoms with E-state index >= 15 is 0 Å². The number of hydrogen-bond donors (Lipinski definition) is 2. The van der Waals surface area contributed by atoms with Gasteiger partial charge in [0.1, 0.15) is 0 Å². The largest absolute Gasteiger partial charge is 0.391 e. The minimum atomic E-state index is -0.126. The minimum Gasteiger partial charge on any atom is -0.391 e. The Balaban J connectivity index is 2.09. The molecule has 2 atom stereocenters. The lowest BCUT2D eigenvalue weighted by Crippen LogP contribution is -2.43. The Morgan fingerprint density at radius 3 is 3.00 bits per heavy atom. The molecule has 2 nitrogen and oxygen atoms in total. The van der Waals surface area contributed by atoms with E-state index in [4.69, 9.17) is 0 Å². The van der Waals surface area contributed by atoms with Crippen molar-refractivity contribution in [3.05, 3.63) is 0 Å². The van der Waals surface area contributed by atoms with Crippen LogP contribution in [0, 0.1) is 0 Å². The van der Waals surface area contributed by atoms with Crippen molar-refractivity contribution in [1.82, 2.24) is 5.32 Å². The van der Waals surface area contributed by atoms with Gasteiger partial charge >= 0.3 is 0 Å². The standard InChI is InChI=1S/C10H21NOS/c1-2-13-8-6-10(12)9-5-3-4-7-11-9/h9-12H,2-8H2,1H3. The fraction of sp³-hybridized carbons (Fsp3) is 1.00. The lowest BCUT2D eigenvalue weighted by atomic mass is 9.98. The lowest BCUT2D eigenvalue weighted by molar-refractivity contribution is 0.110. The highest BCUT2D eigenvalue weighted by Gasteiger charge is 2.20. The molecule has 1 aliphatic heterocycles. The maximum absolute atomic E-state index is 9.82. The van der Waals surface area contributed by atoms with Crippen LogP contribution in [0.2, 0.25) is 0 Å². The predicted octanol–water partition coefficient (Wildman–Crippen LogP) is 1.63. The summed E-state index contributed by atoms with van der Waals surface area (Å²) in [5, 5.41) is 13.2. The first kappa shape index (κ1) is 11.3. The van der Waals surface area contributed by atoms with Crippen LogP contribution in [0.25, 0.3) is 0 Å². The third-order valence-corrected chi connectivity index (χ3v) is 3.51. The SMILES string of the molecule is CCSCCC(O)C1CCCCN1. The van der Waals surface area contributed by atoms with E-state index in [2.05, 4.69) is 12.2 Å². The molecule has 0 aliphatic carbocycles. The normalized spacial score (nSPS) is 25.8. The van der Waals surface area contributed by atoms with Gasteiger partial charge in [0.25, 0.3) is 0 Å². The van der Waals surface area contributed by atoms with Gasteiger partial charge in [-0.25, -0.2) is 0 Å². The van der Waals surface area contributed by atoms with Crippen LogP contribution in [0.4, 0.5) is 0 Å². The van der Waals surface area contributed by atoms with Crippen molar-refractivity contribution in [2.24, 2.45) is 0 Å². The smallest absolute Gasteiger partial charge is 0.0701 e. The molecule has 2 unspecified atom stereocenters. The highest BCUT2D eigenvalue weighted by atomic mass is 32.2. The van der Waals surface area contributed by atoms with Gasteiger partial charge in [-0.3, -0.25) is 0 Å². The van der Waals surface area contributed by atoms with Gasteiger partial charge in [0.05, 0.1) is 6.10 Å². The van der Waals surface area contributed by atoms with Gasteiger partial charge in [0, 0.05) is 6.04 Å². The topological polar surface area (TPSA) is 32.3 Å². The molecule has 3 heteroatoms. The molecule has 0 radical (unpaired) electrons. The zero-order chi connectivity index (χ0) is 9.52. The van der Waals surface area contributed by atoms with E-state index < -0.39 is 0 Å². The van der Waals surface area contributed by atoms with E-state index in [1.165, 1.54) is 12.8 Å². The monoisotopic (exact) mass is 203 g/mol. The van der Waals surface area contributed by atoms with Crippen molar-refractivity contribution in [2.45, 2.75) is 44.8 Å². The van der Waals surface area contributed by atoms with Gasteiger partial charge in [-0.2, -0.15) is 11.8 Å². The van der Waals surface area contributed by atoms with Gasteiger partial charge in [-0.15, -0.1) is 0 Å². The molecule has 1 fully saturated rings. The second-order valence-corrected chi connectivity index (χ2v) is 5.00. The average molecular weight is 203 g/mol. The zero-order valence-corrected chi connectivity index (χ0v) is 9.28. The Bertz CT molecular complexity index is 126. The maximum Gasteiger partial charge on any atom is 0.0701 e. The Hall–Kier alpha value is 0.270. The summed E-state index contributed by atoms with van der Waals surface area (Å²) in [5.41, 5.74) is 0. The summed E-state index contributed by atoms with van der Waals surface area (Å²) in [5.74, 6) is 2.25. The molecule has 1 aliphatic rings. The Labute approximate surface area is 85.5 Å². The van der Waals surface area contributed by atoms with E-state index in [1.54, 1.807) is 0 Å². The van der Waals surface area contributed by atoms with Gasteiger partial charge in [-0.1, -0.05) is 13.3 Å². The number of piperidine rings is 1. The first-order chi connectivity index (χ1) is 6.34. The summed E-state index contributed by atoms with van der Waals surface area (Å²) in [4.78, 5) is 0. The van der Waals surface area contributed by atoms with E-state index in [1.807, 2.05) is 11.8 Å². The molecule has 13 heavy (non-hydrogen) atoms. The summed E-state index contributed by atoms with van der Waals surface area (Å²) >= 11 is 1.91. The van der Waals surface area contributed by atoms with Crippen molar-refractivity contribution in [2.75, 3.05) is 18.1 Å². The van der Waals surface area contributed by atoms with Crippen LogP contribution in [0.1, 0.15) is 32.6 Å². The van der Waals surface area contributed by atoms with Gasteiger partial charge in [0.2, 0.25) is 0 Å². The molecule has 1 saturated heterocycles. The summed E-state index contributed by atoms with van der Waals surface area (Å²) < 4.78 is 0. The molecular formula is C10H21NOS. The van der Waals surface area contributed by atoms with Crippen LogP contribution in [-0.4, -0.2) is 35.3 Å². The molecule has 1 rings (SSSR count). The van der Waals surface area contributed by atoms with Crippen LogP contribution < -0.4 is 5.32 Å². The molecule has 0 aromatic rings. The van der Waals surface area contributed by atoms with Crippen LogP contribution >= 0.6 is 11.8 Å². The molecule has 0 bridgehead atoms. The summed E-state index contributed by atoms with van der Waals surface area (Å²) in [7, 11) is 0. The Kier molecular flexibility index (Phi) is 5.83. The quantitative estimate of drug-likeness (QED) is 0.666. The average Bonchev–Trinajstić information content (AvgIpc) is 2.19. The molecule has 78 valence electrons. The van der Waals surface area contributed by atoms with Crippen LogP contribution in [0.3, 0.4) is 0 Å². The van der Waals surface area contributed by atoms with Gasteiger partial charge < -0.3 is 10.4 Å².